The molecule has 0 bridgehead atoms. The van der Waals surface area contributed by atoms with E-state index in [-0.39, 0.29) is 0 Å². The lowest BCUT2D eigenvalue weighted by Crippen LogP contribution is -2.00. The van der Waals surface area contributed by atoms with E-state index >= 15 is 0 Å². The smallest absolute Gasteiger partial charge is 0.164 e. The van der Waals surface area contributed by atoms with E-state index in [1.165, 1.54) is 0 Å². The van der Waals surface area contributed by atoms with Crippen LogP contribution in [-0.2, 0) is 0 Å². The number of hydrogen-bond donors (Lipinski definition) is 0. The summed E-state index contributed by atoms with van der Waals surface area (Å²) in [4.78, 5) is 34.6. The minimum absolute atomic E-state index is 0.590. The Labute approximate surface area is 347 Å². The number of pyridine rings is 1. The Balaban J connectivity index is 1.11. The molecule has 0 aliphatic heterocycles. The monoisotopic (exact) mass is 769 g/mol. The fraction of sp³-hybridized carbons (Fsp3) is 0. The average Bonchev–Trinajstić information content (AvgIpc) is 3.35. The van der Waals surface area contributed by atoms with Crippen LogP contribution in [0.3, 0.4) is 0 Å². The highest BCUT2D eigenvalue weighted by Crippen LogP contribution is 2.38. The quantitative estimate of drug-likeness (QED) is 0.144. The van der Waals surface area contributed by atoms with Crippen molar-refractivity contribution in [2.45, 2.75) is 0 Å². The molecule has 0 atom stereocenters. The molecule has 0 saturated heterocycles. The van der Waals surface area contributed by atoms with Gasteiger partial charge in [-0.15, -0.1) is 0 Å². The molecule has 10 rings (SSSR count). The van der Waals surface area contributed by atoms with Gasteiger partial charge in [-0.05, 0) is 52.6 Å². The molecule has 3 heterocycles. The first-order chi connectivity index (χ1) is 29.7. The maximum Gasteiger partial charge on any atom is 0.164 e. The second-order valence-corrected chi connectivity index (χ2v) is 14.2. The van der Waals surface area contributed by atoms with Crippen LogP contribution in [-0.4, -0.2) is 34.9 Å². The normalized spacial score (nSPS) is 11.0. The number of hydrogen-bond acceptors (Lipinski definition) is 7. The van der Waals surface area contributed by atoms with Crippen molar-refractivity contribution in [3.63, 3.8) is 0 Å². The molecule has 7 heteroatoms. The molecule has 0 unspecified atom stereocenters. The minimum Gasteiger partial charge on any atom is -0.256 e. The van der Waals surface area contributed by atoms with Crippen LogP contribution in [0.1, 0.15) is 0 Å². The van der Waals surface area contributed by atoms with Crippen LogP contribution < -0.4 is 0 Å². The van der Waals surface area contributed by atoms with E-state index in [0.717, 1.165) is 66.9 Å². The van der Waals surface area contributed by atoms with Crippen LogP contribution in [0.5, 0.6) is 0 Å². The topological polar surface area (TPSA) is 90.2 Å². The van der Waals surface area contributed by atoms with Crippen molar-refractivity contribution in [3.8, 4) is 102 Å². The molecule has 0 spiro atoms. The number of benzene rings is 7. The molecule has 0 N–H and O–H groups in total. The first kappa shape index (κ1) is 36.1. The summed E-state index contributed by atoms with van der Waals surface area (Å²) in [5.41, 5.74) is 11.4. The van der Waals surface area contributed by atoms with E-state index in [4.69, 9.17) is 34.9 Å². The standard InChI is InChI=1S/C53H35N7/c1-5-17-36(18-6-1)48-55-49(37-19-7-2-8-20-37)58-52(57-48)43-27-15-25-40(33-43)45-31-30-42(47-29-13-14-32-54-47)35-46(45)41-26-16-28-44(34-41)53-59-50(38-21-9-3-10-22-38)56-51(60-53)39-23-11-4-12-24-39/h1-35H. The zero-order valence-electron chi connectivity index (χ0n) is 32.3. The third kappa shape index (κ3) is 7.58. The van der Waals surface area contributed by atoms with E-state index in [1.54, 1.807) is 0 Å². The summed E-state index contributed by atoms with van der Waals surface area (Å²) in [7, 11) is 0. The van der Waals surface area contributed by atoms with Gasteiger partial charge in [-0.2, -0.15) is 0 Å². The Hall–Kier alpha value is -8.29. The number of aromatic nitrogens is 7. The minimum atomic E-state index is 0.590. The first-order valence-electron chi connectivity index (χ1n) is 19.7. The van der Waals surface area contributed by atoms with Gasteiger partial charge in [-0.3, -0.25) is 4.98 Å². The molecule has 7 nitrogen and oxygen atoms in total. The average molecular weight is 770 g/mol. The van der Waals surface area contributed by atoms with Gasteiger partial charge < -0.3 is 0 Å². The second-order valence-electron chi connectivity index (χ2n) is 14.2. The number of rotatable bonds is 9. The predicted octanol–water partition coefficient (Wildman–Crippen LogP) is 12.5. The summed E-state index contributed by atoms with van der Waals surface area (Å²) in [5, 5.41) is 0. The Morgan fingerprint density at radius 2 is 0.567 bits per heavy atom. The van der Waals surface area contributed by atoms with Gasteiger partial charge in [-0.25, -0.2) is 29.9 Å². The number of nitrogens with zero attached hydrogens (tertiary/aromatic N) is 7. The zero-order chi connectivity index (χ0) is 40.1. The summed E-state index contributed by atoms with van der Waals surface area (Å²) in [6.07, 6.45) is 1.82. The molecule has 0 amide bonds. The first-order valence-corrected chi connectivity index (χ1v) is 19.7. The lowest BCUT2D eigenvalue weighted by molar-refractivity contribution is 1.07. The SMILES string of the molecule is c1ccc(-c2nc(-c3ccccc3)nc(-c3cccc(-c4ccc(-c5ccccn5)cc4-c4cccc(-c5nc(-c6ccccc6)nc(-c6ccccc6)n5)c4)c3)n2)cc1. The van der Waals surface area contributed by atoms with Gasteiger partial charge in [-0.1, -0.05) is 176 Å². The predicted molar refractivity (Wildman–Crippen MR) is 240 cm³/mol. The van der Waals surface area contributed by atoms with Crippen molar-refractivity contribution >= 4 is 0 Å². The molecule has 282 valence electrons. The maximum atomic E-state index is 5.03. The fourth-order valence-electron chi connectivity index (χ4n) is 7.25. The second kappa shape index (κ2) is 16.3. The largest absolute Gasteiger partial charge is 0.256 e. The molecule has 60 heavy (non-hydrogen) atoms. The third-order valence-electron chi connectivity index (χ3n) is 10.2. The van der Waals surface area contributed by atoms with Gasteiger partial charge in [0.1, 0.15) is 0 Å². The van der Waals surface area contributed by atoms with Crippen LogP contribution in [0.4, 0.5) is 0 Å². The summed E-state index contributed by atoms with van der Waals surface area (Å²) in [6, 6.07) is 69.5. The molecule has 0 saturated carbocycles. The van der Waals surface area contributed by atoms with Crippen molar-refractivity contribution in [1.29, 1.82) is 0 Å². The summed E-state index contributed by atoms with van der Waals surface area (Å²) < 4.78 is 0. The Kier molecular flexibility index (Phi) is 9.79. The summed E-state index contributed by atoms with van der Waals surface area (Å²) >= 11 is 0. The van der Waals surface area contributed by atoms with Crippen LogP contribution in [0, 0.1) is 0 Å². The maximum absolute atomic E-state index is 5.03. The van der Waals surface area contributed by atoms with Gasteiger partial charge >= 0.3 is 0 Å². The highest BCUT2D eigenvalue weighted by Gasteiger charge is 2.17. The van der Waals surface area contributed by atoms with E-state index in [9.17, 15) is 0 Å². The van der Waals surface area contributed by atoms with Crippen LogP contribution in [0.15, 0.2) is 212 Å². The highest BCUT2D eigenvalue weighted by molar-refractivity contribution is 5.89. The summed E-state index contributed by atoms with van der Waals surface area (Å²) in [6.45, 7) is 0. The van der Waals surface area contributed by atoms with Gasteiger partial charge in [0.05, 0.1) is 5.69 Å². The van der Waals surface area contributed by atoms with E-state index in [0.29, 0.717) is 34.9 Å². The molecule has 7 aromatic carbocycles. The molecular weight excluding hydrogens is 735 g/mol. The molecule has 0 fully saturated rings. The van der Waals surface area contributed by atoms with Crippen LogP contribution in [0.25, 0.3) is 102 Å². The molecule has 0 aliphatic rings. The molecule has 10 aromatic rings. The molecular formula is C53H35N7. The van der Waals surface area contributed by atoms with Gasteiger partial charge in [0.2, 0.25) is 0 Å². The van der Waals surface area contributed by atoms with Crippen molar-refractivity contribution in [1.82, 2.24) is 34.9 Å². The van der Waals surface area contributed by atoms with Crippen LogP contribution >= 0.6 is 0 Å². The van der Waals surface area contributed by atoms with E-state index < -0.39 is 0 Å². The lowest BCUT2D eigenvalue weighted by atomic mass is 9.90. The van der Waals surface area contributed by atoms with Crippen molar-refractivity contribution in [3.05, 3.63) is 212 Å². The van der Waals surface area contributed by atoms with E-state index in [2.05, 4.69) is 66.7 Å². The van der Waals surface area contributed by atoms with E-state index in [1.807, 2.05) is 146 Å². The molecule has 0 radical (unpaired) electrons. The highest BCUT2D eigenvalue weighted by atomic mass is 15.0. The zero-order valence-corrected chi connectivity index (χ0v) is 32.3. The van der Waals surface area contributed by atoms with Crippen molar-refractivity contribution < 1.29 is 0 Å². The van der Waals surface area contributed by atoms with Crippen LogP contribution in [0.2, 0.25) is 0 Å². The van der Waals surface area contributed by atoms with Gasteiger partial charge in [0.15, 0.2) is 34.9 Å². The Bertz CT molecular complexity index is 2950. The van der Waals surface area contributed by atoms with Crippen molar-refractivity contribution in [2.75, 3.05) is 0 Å². The third-order valence-corrected chi connectivity index (χ3v) is 10.2. The Morgan fingerprint density at radius 1 is 0.217 bits per heavy atom. The molecule has 3 aromatic heterocycles. The van der Waals surface area contributed by atoms with Crippen molar-refractivity contribution in [2.24, 2.45) is 0 Å². The summed E-state index contributed by atoms with van der Waals surface area (Å²) in [5.74, 6) is 3.65. The van der Waals surface area contributed by atoms with Gasteiger partial charge in [0, 0.05) is 45.1 Å². The Morgan fingerprint density at radius 3 is 0.967 bits per heavy atom. The fourth-order valence-corrected chi connectivity index (χ4v) is 7.25. The molecule has 0 aliphatic carbocycles. The lowest BCUT2D eigenvalue weighted by Gasteiger charge is -2.15. The van der Waals surface area contributed by atoms with Gasteiger partial charge in [0.25, 0.3) is 0 Å².